The Labute approximate surface area is 163 Å². The van der Waals surface area contributed by atoms with Crippen molar-refractivity contribution in [2.24, 2.45) is 0 Å². The molecule has 6 heteroatoms. The highest BCUT2D eigenvalue weighted by molar-refractivity contribution is 5.96. The fraction of sp³-hybridized carbons (Fsp3) is 0.136. The number of hydrogen-bond donors (Lipinski definition) is 2. The summed E-state index contributed by atoms with van der Waals surface area (Å²) >= 11 is 0. The Morgan fingerprint density at radius 1 is 0.964 bits per heavy atom. The molecule has 0 radical (unpaired) electrons. The summed E-state index contributed by atoms with van der Waals surface area (Å²) in [5, 5.41) is 5.93. The van der Waals surface area contributed by atoms with Crippen LogP contribution in [0, 0.1) is 0 Å². The Morgan fingerprint density at radius 3 is 2.43 bits per heavy atom. The van der Waals surface area contributed by atoms with Crippen molar-refractivity contribution in [2.75, 3.05) is 17.7 Å². The monoisotopic (exact) mass is 375 g/mol. The molecule has 0 aliphatic carbocycles. The van der Waals surface area contributed by atoms with Gasteiger partial charge >= 0.3 is 5.97 Å². The van der Waals surface area contributed by atoms with Gasteiger partial charge in [-0.2, -0.15) is 0 Å². The van der Waals surface area contributed by atoms with Gasteiger partial charge < -0.3 is 15.4 Å². The smallest absolute Gasteiger partial charge is 0.339 e. The van der Waals surface area contributed by atoms with E-state index < -0.39 is 5.97 Å². The summed E-state index contributed by atoms with van der Waals surface area (Å²) in [4.78, 5) is 28.2. The Kier molecular flexibility index (Phi) is 6.36. The summed E-state index contributed by atoms with van der Waals surface area (Å²) in [6, 6.07) is 20.4. The van der Waals surface area contributed by atoms with Gasteiger partial charge in [0, 0.05) is 6.42 Å². The number of carbonyl (C=O) groups is 2. The minimum Gasteiger partial charge on any atom is -0.465 e. The van der Waals surface area contributed by atoms with Crippen LogP contribution in [0.5, 0.6) is 0 Å². The molecule has 3 aromatic rings. The van der Waals surface area contributed by atoms with Crippen molar-refractivity contribution in [3.63, 3.8) is 0 Å². The van der Waals surface area contributed by atoms with Crippen LogP contribution in [0.4, 0.5) is 17.2 Å². The molecule has 0 unspecified atom stereocenters. The zero-order chi connectivity index (χ0) is 19.8. The summed E-state index contributed by atoms with van der Waals surface area (Å²) in [5.41, 5.74) is 2.87. The van der Waals surface area contributed by atoms with Crippen LogP contribution >= 0.6 is 0 Å². The van der Waals surface area contributed by atoms with Crippen molar-refractivity contribution in [3.8, 4) is 0 Å². The van der Waals surface area contributed by atoms with Crippen LogP contribution < -0.4 is 10.6 Å². The topological polar surface area (TPSA) is 80.3 Å². The molecule has 0 spiro atoms. The fourth-order valence-corrected chi connectivity index (χ4v) is 2.69. The second kappa shape index (κ2) is 9.32. The second-order valence-corrected chi connectivity index (χ2v) is 6.13. The third kappa shape index (κ3) is 5.17. The number of nitrogens with one attached hydrogen (secondary N) is 2. The molecule has 3 rings (SSSR count). The number of anilines is 3. The molecule has 0 aliphatic heterocycles. The number of methoxy groups -OCH3 is 1. The molecule has 0 saturated heterocycles. The van der Waals surface area contributed by atoms with E-state index in [4.69, 9.17) is 4.74 Å². The van der Waals surface area contributed by atoms with Crippen molar-refractivity contribution < 1.29 is 14.3 Å². The summed E-state index contributed by atoms with van der Waals surface area (Å²) < 4.78 is 4.79. The Bertz CT molecular complexity index is 941. The van der Waals surface area contributed by atoms with Gasteiger partial charge in [-0.05, 0) is 36.2 Å². The van der Waals surface area contributed by atoms with Gasteiger partial charge in [-0.15, -0.1) is 0 Å². The van der Waals surface area contributed by atoms with Crippen molar-refractivity contribution in [2.45, 2.75) is 12.8 Å². The average Bonchev–Trinajstić information content (AvgIpc) is 2.74. The number of nitrogens with zero attached hydrogens (tertiary/aromatic N) is 1. The molecule has 6 nitrogen and oxygen atoms in total. The van der Waals surface area contributed by atoms with Gasteiger partial charge in [-0.3, -0.25) is 4.79 Å². The van der Waals surface area contributed by atoms with Gasteiger partial charge in [0.25, 0.3) is 0 Å². The molecule has 0 saturated carbocycles. The minimum absolute atomic E-state index is 0.0897. The molecule has 28 heavy (non-hydrogen) atoms. The van der Waals surface area contributed by atoms with Crippen molar-refractivity contribution in [3.05, 3.63) is 84.1 Å². The van der Waals surface area contributed by atoms with Crippen LogP contribution in [0.15, 0.2) is 72.9 Å². The van der Waals surface area contributed by atoms with E-state index in [0.29, 0.717) is 35.6 Å². The second-order valence-electron chi connectivity index (χ2n) is 6.13. The first-order valence-electron chi connectivity index (χ1n) is 8.90. The van der Waals surface area contributed by atoms with Gasteiger partial charge in [0.05, 0.1) is 30.2 Å². The molecule has 142 valence electrons. The fourth-order valence-electron chi connectivity index (χ4n) is 2.69. The molecular formula is C22H21N3O3. The van der Waals surface area contributed by atoms with Gasteiger partial charge in [-0.1, -0.05) is 42.5 Å². The van der Waals surface area contributed by atoms with Crippen LogP contribution in [0.1, 0.15) is 22.3 Å². The number of rotatable bonds is 7. The molecule has 0 fully saturated rings. The number of pyridine rings is 1. The first kappa shape index (κ1) is 19.1. The minimum atomic E-state index is -0.418. The average molecular weight is 375 g/mol. The van der Waals surface area contributed by atoms with Crippen LogP contribution in [-0.4, -0.2) is 24.0 Å². The summed E-state index contributed by atoms with van der Waals surface area (Å²) in [5.74, 6) is -0.0312. The Hall–Kier alpha value is -3.67. The molecule has 0 bridgehead atoms. The third-order valence-electron chi connectivity index (χ3n) is 4.13. The predicted molar refractivity (Wildman–Crippen MR) is 109 cm³/mol. The first-order valence-corrected chi connectivity index (χ1v) is 8.90. The van der Waals surface area contributed by atoms with E-state index >= 15 is 0 Å². The predicted octanol–water partition coefficient (Wildman–Crippen LogP) is 4.18. The van der Waals surface area contributed by atoms with Crippen LogP contribution in [0.2, 0.25) is 0 Å². The lowest BCUT2D eigenvalue weighted by atomic mass is 10.1. The van der Waals surface area contributed by atoms with E-state index in [1.807, 2.05) is 36.4 Å². The molecule has 2 N–H and O–H groups in total. The number of hydrogen-bond acceptors (Lipinski definition) is 5. The zero-order valence-electron chi connectivity index (χ0n) is 15.5. The van der Waals surface area contributed by atoms with Crippen LogP contribution in [-0.2, 0) is 16.0 Å². The summed E-state index contributed by atoms with van der Waals surface area (Å²) in [7, 11) is 1.34. The van der Waals surface area contributed by atoms with Crippen molar-refractivity contribution in [1.82, 2.24) is 4.98 Å². The maximum Gasteiger partial charge on any atom is 0.339 e. The lowest BCUT2D eigenvalue weighted by Crippen LogP contribution is -2.13. The molecule has 0 aliphatic rings. The first-order chi connectivity index (χ1) is 13.7. The highest BCUT2D eigenvalue weighted by atomic mass is 16.5. The van der Waals surface area contributed by atoms with E-state index in [-0.39, 0.29) is 5.91 Å². The van der Waals surface area contributed by atoms with Gasteiger partial charge in [0.15, 0.2) is 0 Å². The number of benzene rings is 2. The van der Waals surface area contributed by atoms with E-state index in [9.17, 15) is 9.59 Å². The molecule has 1 aromatic heterocycles. The Balaban J connectivity index is 1.58. The quantitative estimate of drug-likeness (QED) is 0.606. The number of amides is 1. The molecule has 0 atom stereocenters. The number of ether oxygens (including phenoxy) is 1. The van der Waals surface area contributed by atoms with E-state index in [0.717, 1.165) is 5.56 Å². The van der Waals surface area contributed by atoms with Crippen molar-refractivity contribution >= 4 is 29.1 Å². The van der Waals surface area contributed by atoms with Gasteiger partial charge in [0.1, 0.15) is 5.82 Å². The number of esters is 1. The summed E-state index contributed by atoms with van der Waals surface area (Å²) in [6.45, 7) is 0. The molecule has 2 aromatic carbocycles. The van der Waals surface area contributed by atoms with Crippen LogP contribution in [0.3, 0.4) is 0 Å². The number of para-hydroxylation sites is 1. The standard InChI is InChI=1S/C22H21N3O3/c1-28-22(27)18-9-5-6-10-19(18)24-17-12-13-20(23-15-17)25-21(26)14-11-16-7-3-2-4-8-16/h2-10,12-13,15,24H,11,14H2,1H3,(H,23,25,26). The van der Waals surface area contributed by atoms with E-state index in [1.165, 1.54) is 7.11 Å². The number of aromatic nitrogens is 1. The number of carbonyl (C=O) groups excluding carboxylic acids is 2. The molecule has 1 heterocycles. The SMILES string of the molecule is COC(=O)c1ccccc1Nc1ccc(NC(=O)CCc2ccccc2)nc1. The van der Waals surface area contributed by atoms with Crippen LogP contribution in [0.25, 0.3) is 0 Å². The number of aryl methyl sites for hydroxylation is 1. The zero-order valence-corrected chi connectivity index (χ0v) is 15.5. The Morgan fingerprint density at radius 2 is 1.71 bits per heavy atom. The molecular weight excluding hydrogens is 354 g/mol. The largest absolute Gasteiger partial charge is 0.465 e. The lowest BCUT2D eigenvalue weighted by molar-refractivity contribution is -0.116. The lowest BCUT2D eigenvalue weighted by Gasteiger charge is -2.11. The maximum atomic E-state index is 12.1. The maximum absolute atomic E-state index is 12.1. The third-order valence-corrected chi connectivity index (χ3v) is 4.13. The highest BCUT2D eigenvalue weighted by Crippen LogP contribution is 2.21. The van der Waals surface area contributed by atoms with Gasteiger partial charge in [0.2, 0.25) is 5.91 Å². The van der Waals surface area contributed by atoms with E-state index in [2.05, 4.69) is 15.6 Å². The van der Waals surface area contributed by atoms with Gasteiger partial charge in [-0.25, -0.2) is 9.78 Å². The highest BCUT2D eigenvalue weighted by Gasteiger charge is 2.11. The van der Waals surface area contributed by atoms with Crippen molar-refractivity contribution in [1.29, 1.82) is 0 Å². The van der Waals surface area contributed by atoms with E-state index in [1.54, 1.807) is 36.5 Å². The molecule has 1 amide bonds. The normalized spacial score (nSPS) is 10.2. The summed E-state index contributed by atoms with van der Waals surface area (Å²) in [6.07, 6.45) is 2.66.